The lowest BCUT2D eigenvalue weighted by molar-refractivity contribution is -0.137. The molecule has 1 aromatic carbocycles. The Morgan fingerprint density at radius 3 is 2.63 bits per heavy atom. The van der Waals surface area contributed by atoms with Gasteiger partial charge in [-0.3, -0.25) is 4.79 Å². The third kappa shape index (κ3) is 4.72. The number of hydrogen-bond acceptors (Lipinski definition) is 2. The van der Waals surface area contributed by atoms with Crippen LogP contribution in [0.2, 0.25) is 5.02 Å². The number of nitrogens with two attached hydrogens (primary N) is 1. The van der Waals surface area contributed by atoms with Crippen LogP contribution in [0.5, 0.6) is 0 Å². The third-order valence-corrected chi connectivity index (χ3v) is 2.87. The molecule has 7 heteroatoms. The summed E-state index contributed by atoms with van der Waals surface area (Å²) in [4.78, 5) is 11.6. The molecular formula is C12H14ClF3N2O. The van der Waals surface area contributed by atoms with Crippen LogP contribution in [0.4, 0.5) is 18.9 Å². The molecule has 1 amide bonds. The van der Waals surface area contributed by atoms with Gasteiger partial charge in [-0.2, -0.15) is 13.2 Å². The number of hydrogen-bond donors (Lipinski definition) is 2. The lowest BCUT2D eigenvalue weighted by Crippen LogP contribution is -2.26. The zero-order chi connectivity index (χ0) is 14.6. The van der Waals surface area contributed by atoms with Crippen molar-refractivity contribution >= 4 is 23.2 Å². The number of alkyl halides is 3. The Bertz CT molecular complexity index is 463. The van der Waals surface area contributed by atoms with Crippen molar-refractivity contribution < 1.29 is 18.0 Å². The molecule has 0 radical (unpaired) electrons. The Kier molecular flexibility index (Phi) is 5.20. The number of halogens is 4. The minimum atomic E-state index is -4.48. The fourth-order valence-corrected chi connectivity index (χ4v) is 1.55. The van der Waals surface area contributed by atoms with Gasteiger partial charge in [-0.1, -0.05) is 18.5 Å². The van der Waals surface area contributed by atoms with Crippen molar-refractivity contribution in [2.45, 2.75) is 32.0 Å². The van der Waals surface area contributed by atoms with Crippen molar-refractivity contribution in [2.75, 3.05) is 5.32 Å². The van der Waals surface area contributed by atoms with E-state index in [1.54, 1.807) is 0 Å². The third-order valence-electron chi connectivity index (χ3n) is 2.54. The zero-order valence-electron chi connectivity index (χ0n) is 10.2. The van der Waals surface area contributed by atoms with E-state index in [9.17, 15) is 18.0 Å². The monoisotopic (exact) mass is 294 g/mol. The molecule has 0 spiro atoms. The minimum absolute atomic E-state index is 0.0308. The van der Waals surface area contributed by atoms with E-state index in [1.165, 1.54) is 0 Å². The second-order valence-electron chi connectivity index (χ2n) is 4.11. The molecule has 3 nitrogen and oxygen atoms in total. The van der Waals surface area contributed by atoms with E-state index in [4.69, 9.17) is 17.3 Å². The van der Waals surface area contributed by atoms with Crippen LogP contribution < -0.4 is 11.1 Å². The molecule has 0 heterocycles. The van der Waals surface area contributed by atoms with Crippen molar-refractivity contribution in [3.8, 4) is 0 Å². The summed E-state index contributed by atoms with van der Waals surface area (Å²) in [6.45, 7) is 1.81. The molecule has 106 valence electrons. The molecule has 1 aromatic rings. The normalized spacial score (nSPS) is 13.2. The van der Waals surface area contributed by atoms with E-state index >= 15 is 0 Å². The molecule has 3 N–H and O–H groups in total. The van der Waals surface area contributed by atoms with Gasteiger partial charge in [0.2, 0.25) is 5.91 Å². The Morgan fingerprint density at radius 2 is 2.11 bits per heavy atom. The Hall–Kier alpha value is -1.27. The number of nitrogens with one attached hydrogen (secondary N) is 1. The van der Waals surface area contributed by atoms with Gasteiger partial charge in [0.15, 0.2) is 0 Å². The Labute approximate surface area is 113 Å². The largest absolute Gasteiger partial charge is 0.416 e. The minimum Gasteiger partial charge on any atom is -0.327 e. The molecule has 1 unspecified atom stereocenters. The molecule has 0 aliphatic rings. The maximum Gasteiger partial charge on any atom is 0.416 e. The molecule has 1 rings (SSSR count). The van der Waals surface area contributed by atoms with Crippen LogP contribution in [0.15, 0.2) is 18.2 Å². The number of carbonyl (C=O) groups excluding carboxylic acids is 1. The first kappa shape index (κ1) is 15.8. The van der Waals surface area contributed by atoms with Crippen molar-refractivity contribution in [1.29, 1.82) is 0 Å². The second kappa shape index (κ2) is 6.25. The zero-order valence-corrected chi connectivity index (χ0v) is 11.0. The van der Waals surface area contributed by atoms with Gasteiger partial charge in [-0.05, 0) is 24.6 Å². The summed E-state index contributed by atoms with van der Waals surface area (Å²) in [5, 5.41) is 2.38. The molecule has 0 aliphatic carbocycles. The highest BCUT2D eigenvalue weighted by molar-refractivity contribution is 6.33. The van der Waals surface area contributed by atoms with Gasteiger partial charge in [-0.25, -0.2) is 0 Å². The molecule has 0 aromatic heterocycles. The highest BCUT2D eigenvalue weighted by atomic mass is 35.5. The second-order valence-corrected chi connectivity index (χ2v) is 4.52. The van der Waals surface area contributed by atoms with E-state index in [1.807, 2.05) is 6.92 Å². The molecule has 0 aliphatic heterocycles. The number of amides is 1. The Morgan fingerprint density at radius 1 is 1.47 bits per heavy atom. The number of carbonyl (C=O) groups is 1. The quantitative estimate of drug-likeness (QED) is 0.894. The molecule has 0 bridgehead atoms. The summed E-state index contributed by atoms with van der Waals surface area (Å²) in [6.07, 6.45) is -3.85. The van der Waals surface area contributed by atoms with E-state index < -0.39 is 17.6 Å². The van der Waals surface area contributed by atoms with Gasteiger partial charge >= 0.3 is 6.18 Å². The van der Waals surface area contributed by atoms with Gasteiger partial charge < -0.3 is 11.1 Å². The van der Waals surface area contributed by atoms with E-state index in [0.717, 1.165) is 18.2 Å². The maximum atomic E-state index is 12.5. The van der Waals surface area contributed by atoms with Crippen LogP contribution in [0.1, 0.15) is 25.3 Å². The van der Waals surface area contributed by atoms with Gasteiger partial charge in [0.25, 0.3) is 0 Å². The highest BCUT2D eigenvalue weighted by Crippen LogP contribution is 2.33. The van der Waals surface area contributed by atoms with E-state index in [-0.39, 0.29) is 23.2 Å². The van der Waals surface area contributed by atoms with Crippen LogP contribution in [-0.4, -0.2) is 11.9 Å². The number of rotatable bonds is 4. The van der Waals surface area contributed by atoms with Crippen LogP contribution >= 0.6 is 11.6 Å². The molecule has 19 heavy (non-hydrogen) atoms. The van der Waals surface area contributed by atoms with Crippen LogP contribution in [-0.2, 0) is 11.0 Å². The summed E-state index contributed by atoms with van der Waals surface area (Å²) in [5.74, 6) is -0.462. The topological polar surface area (TPSA) is 55.1 Å². The van der Waals surface area contributed by atoms with Crippen molar-refractivity contribution in [1.82, 2.24) is 0 Å². The predicted molar refractivity (Wildman–Crippen MR) is 68.0 cm³/mol. The molecule has 0 fully saturated rings. The standard InChI is InChI=1S/C12H14ClF3N2O/c1-2-8(17)6-11(19)18-10-5-7(12(14,15)16)3-4-9(10)13/h3-5,8H,2,6,17H2,1H3,(H,18,19). The SMILES string of the molecule is CCC(N)CC(=O)Nc1cc(C(F)(F)F)ccc1Cl. The first-order valence-corrected chi connectivity index (χ1v) is 6.04. The average molecular weight is 295 g/mol. The predicted octanol–water partition coefficient (Wildman–Crippen LogP) is 3.42. The molecular weight excluding hydrogens is 281 g/mol. The van der Waals surface area contributed by atoms with Crippen molar-refractivity contribution in [3.05, 3.63) is 28.8 Å². The fourth-order valence-electron chi connectivity index (χ4n) is 1.38. The number of anilines is 1. The van der Waals surface area contributed by atoms with Gasteiger partial charge in [0.1, 0.15) is 0 Å². The van der Waals surface area contributed by atoms with Gasteiger partial charge in [0, 0.05) is 12.5 Å². The van der Waals surface area contributed by atoms with Crippen LogP contribution in [0.25, 0.3) is 0 Å². The van der Waals surface area contributed by atoms with Gasteiger partial charge in [0.05, 0.1) is 16.3 Å². The smallest absolute Gasteiger partial charge is 0.327 e. The van der Waals surface area contributed by atoms with Gasteiger partial charge in [-0.15, -0.1) is 0 Å². The van der Waals surface area contributed by atoms with Crippen molar-refractivity contribution in [2.24, 2.45) is 5.73 Å². The molecule has 1 atom stereocenters. The summed E-state index contributed by atoms with van der Waals surface area (Å²) in [5.41, 5.74) is 4.66. The summed E-state index contributed by atoms with van der Waals surface area (Å²) < 4.78 is 37.6. The first-order valence-electron chi connectivity index (χ1n) is 5.66. The first-order chi connectivity index (χ1) is 8.74. The summed E-state index contributed by atoms with van der Waals surface area (Å²) in [6, 6.07) is 2.43. The van der Waals surface area contributed by atoms with E-state index in [2.05, 4.69) is 5.32 Å². The summed E-state index contributed by atoms with van der Waals surface area (Å²) in [7, 11) is 0. The summed E-state index contributed by atoms with van der Waals surface area (Å²) >= 11 is 5.75. The maximum absolute atomic E-state index is 12.5. The van der Waals surface area contributed by atoms with Crippen LogP contribution in [0, 0.1) is 0 Å². The molecule has 0 saturated carbocycles. The lowest BCUT2D eigenvalue weighted by atomic mass is 10.1. The van der Waals surface area contributed by atoms with Crippen molar-refractivity contribution in [3.63, 3.8) is 0 Å². The Balaban J connectivity index is 2.86. The average Bonchev–Trinajstić information content (AvgIpc) is 2.30. The fraction of sp³-hybridized carbons (Fsp3) is 0.417. The highest BCUT2D eigenvalue weighted by Gasteiger charge is 2.31. The lowest BCUT2D eigenvalue weighted by Gasteiger charge is -2.13. The molecule has 0 saturated heterocycles. The number of benzene rings is 1. The van der Waals surface area contributed by atoms with Crippen LogP contribution in [0.3, 0.4) is 0 Å². The van der Waals surface area contributed by atoms with E-state index in [0.29, 0.717) is 6.42 Å².